The van der Waals surface area contributed by atoms with Crippen LogP contribution in [-0.4, -0.2) is 50.6 Å². The molecule has 1 spiro atoms. The van der Waals surface area contributed by atoms with Crippen molar-refractivity contribution in [1.82, 2.24) is 19.4 Å². The summed E-state index contributed by atoms with van der Waals surface area (Å²) in [6.45, 7) is 8.78. The average Bonchev–Trinajstić information content (AvgIpc) is 3.19. The van der Waals surface area contributed by atoms with Crippen LogP contribution in [0, 0.1) is 6.92 Å². The summed E-state index contributed by atoms with van der Waals surface area (Å²) in [4.78, 5) is 24.3. The second-order valence-electron chi connectivity index (χ2n) is 7.92. The zero-order chi connectivity index (χ0) is 19.7. The van der Waals surface area contributed by atoms with Gasteiger partial charge in [0.25, 0.3) is 5.91 Å². The van der Waals surface area contributed by atoms with Gasteiger partial charge < -0.3 is 19.5 Å². The molecule has 0 aromatic carbocycles. The number of fused-ring (bicyclic) bond motifs is 2. The first-order valence-electron chi connectivity index (χ1n) is 10.2. The van der Waals surface area contributed by atoms with Gasteiger partial charge in [0.1, 0.15) is 11.4 Å². The third kappa shape index (κ3) is 3.44. The first-order valence-corrected chi connectivity index (χ1v) is 10.2. The minimum Gasteiger partial charge on any atom is -0.352 e. The first-order chi connectivity index (χ1) is 13.5. The summed E-state index contributed by atoms with van der Waals surface area (Å²) in [5.74, 6) is 0.831. The predicted octanol–water partition coefficient (Wildman–Crippen LogP) is 2.71. The van der Waals surface area contributed by atoms with Crippen molar-refractivity contribution < 1.29 is 9.53 Å². The lowest BCUT2D eigenvalue weighted by Gasteiger charge is -2.46. The number of nitrogens with zero attached hydrogens (tertiary/aromatic N) is 4. The highest BCUT2D eigenvalue weighted by molar-refractivity contribution is 5.94. The van der Waals surface area contributed by atoms with E-state index in [-0.39, 0.29) is 5.91 Å². The fraction of sp³-hybridized carbons (Fsp3) is 0.571. The zero-order valence-corrected chi connectivity index (χ0v) is 16.9. The molecule has 2 atom stereocenters. The Kier molecular flexibility index (Phi) is 5.21. The Balaban J connectivity index is 1.53. The van der Waals surface area contributed by atoms with Crippen molar-refractivity contribution in [2.24, 2.45) is 0 Å². The molecule has 2 aliphatic heterocycles. The number of carbonyl (C=O) groups excluding carboxylic acids is 1. The molecular weight excluding hydrogens is 354 g/mol. The van der Waals surface area contributed by atoms with Gasteiger partial charge in [-0.3, -0.25) is 9.78 Å². The minimum absolute atomic E-state index is 0.126. The molecule has 1 fully saturated rings. The van der Waals surface area contributed by atoms with E-state index in [1.54, 1.807) is 6.20 Å². The Morgan fingerprint density at radius 3 is 2.86 bits per heavy atom. The third-order valence-corrected chi connectivity index (χ3v) is 6.23. The highest BCUT2D eigenvalue weighted by atomic mass is 16.5. The molecule has 28 heavy (non-hydrogen) atoms. The molecule has 0 aliphatic carbocycles. The summed E-state index contributed by atoms with van der Waals surface area (Å²) >= 11 is 0. The fourth-order valence-electron chi connectivity index (χ4n) is 4.29. The van der Waals surface area contributed by atoms with E-state index in [1.807, 2.05) is 31.5 Å². The largest absolute Gasteiger partial charge is 0.352 e. The Bertz CT molecular complexity index is 841. The van der Waals surface area contributed by atoms with Crippen LogP contribution >= 0.6 is 0 Å². The van der Waals surface area contributed by atoms with Crippen molar-refractivity contribution >= 4 is 11.6 Å². The number of rotatable bonds is 4. The number of carbonyl (C=O) groups is 1. The number of ether oxygens (including phenoxy) is 1. The first kappa shape index (κ1) is 19.1. The van der Waals surface area contributed by atoms with Crippen LogP contribution in [0.15, 0.2) is 30.7 Å². The van der Waals surface area contributed by atoms with Crippen LogP contribution < -0.4 is 5.32 Å². The quantitative estimate of drug-likeness (QED) is 0.879. The smallest absolute Gasteiger partial charge is 0.255 e. The minimum atomic E-state index is -0.545. The number of piperidine rings is 1. The molecule has 2 aromatic heterocycles. The van der Waals surface area contributed by atoms with E-state index < -0.39 is 11.7 Å². The number of anilines is 1. The maximum Gasteiger partial charge on any atom is 0.255 e. The summed E-state index contributed by atoms with van der Waals surface area (Å²) in [6.07, 6.45) is 7.78. The number of hydrogen-bond acceptors (Lipinski definition) is 5. The predicted molar refractivity (Wildman–Crippen MR) is 107 cm³/mol. The number of hydrogen-bond donors (Lipinski definition) is 1. The molecule has 7 heteroatoms. The summed E-state index contributed by atoms with van der Waals surface area (Å²) in [5, 5.41) is 2.99. The van der Waals surface area contributed by atoms with Crippen molar-refractivity contribution in [3.63, 3.8) is 0 Å². The van der Waals surface area contributed by atoms with E-state index in [0.29, 0.717) is 12.6 Å². The lowest BCUT2D eigenvalue weighted by Crippen LogP contribution is -2.54. The van der Waals surface area contributed by atoms with E-state index in [2.05, 4.69) is 38.6 Å². The molecular formula is C21H29N5O2. The van der Waals surface area contributed by atoms with Crippen LogP contribution in [0.5, 0.6) is 0 Å². The Labute approximate surface area is 166 Å². The van der Waals surface area contributed by atoms with E-state index in [9.17, 15) is 4.79 Å². The summed E-state index contributed by atoms with van der Waals surface area (Å²) in [5.41, 5.74) is 1.04. The van der Waals surface area contributed by atoms with Gasteiger partial charge in [-0.25, -0.2) is 4.98 Å². The molecule has 1 amide bonds. The summed E-state index contributed by atoms with van der Waals surface area (Å²) in [7, 11) is 0. The molecule has 2 aromatic rings. The maximum absolute atomic E-state index is 13.0. The SMILES string of the molecule is CCC(C)N1CCC2(CC1)OC(C(=O)Nc1cccnc1C)Cn1ccnc12. The monoisotopic (exact) mass is 383 g/mol. The normalized spacial score (nSPS) is 22.6. The molecule has 7 nitrogen and oxygen atoms in total. The van der Waals surface area contributed by atoms with Gasteiger partial charge in [0.2, 0.25) is 0 Å². The standard InChI is InChI=1S/C21H29N5O2/c1-4-15(2)25-11-7-21(8-12-25)20-23-10-13-26(20)14-18(28-21)19(27)24-17-6-5-9-22-16(17)3/h5-6,9-10,13,15,18H,4,7-8,11-12,14H2,1-3H3,(H,24,27). The van der Waals surface area contributed by atoms with Crippen molar-refractivity contribution in [3.8, 4) is 0 Å². The number of imidazole rings is 1. The van der Waals surface area contributed by atoms with Crippen LogP contribution in [0.3, 0.4) is 0 Å². The van der Waals surface area contributed by atoms with E-state index in [1.165, 1.54) is 0 Å². The highest BCUT2D eigenvalue weighted by Gasteiger charge is 2.47. The average molecular weight is 383 g/mol. The third-order valence-electron chi connectivity index (χ3n) is 6.23. The van der Waals surface area contributed by atoms with Gasteiger partial charge in [0, 0.05) is 37.7 Å². The molecule has 4 heterocycles. The van der Waals surface area contributed by atoms with E-state index in [0.717, 1.165) is 49.6 Å². The second-order valence-corrected chi connectivity index (χ2v) is 7.92. The molecule has 150 valence electrons. The maximum atomic E-state index is 13.0. The van der Waals surface area contributed by atoms with Gasteiger partial charge in [0.05, 0.1) is 17.9 Å². The topological polar surface area (TPSA) is 72.3 Å². The van der Waals surface area contributed by atoms with Crippen LogP contribution in [0.25, 0.3) is 0 Å². The molecule has 0 bridgehead atoms. The number of amides is 1. The van der Waals surface area contributed by atoms with Crippen LogP contribution in [0.4, 0.5) is 5.69 Å². The number of pyridine rings is 1. The molecule has 1 N–H and O–H groups in total. The van der Waals surface area contributed by atoms with Gasteiger partial charge >= 0.3 is 0 Å². The zero-order valence-electron chi connectivity index (χ0n) is 16.9. The van der Waals surface area contributed by atoms with Gasteiger partial charge in [-0.05, 0) is 45.2 Å². The van der Waals surface area contributed by atoms with Gasteiger partial charge in [-0.15, -0.1) is 0 Å². The molecule has 2 unspecified atom stereocenters. The van der Waals surface area contributed by atoms with Gasteiger partial charge in [-0.2, -0.15) is 0 Å². The van der Waals surface area contributed by atoms with Crippen molar-refractivity contribution in [1.29, 1.82) is 0 Å². The van der Waals surface area contributed by atoms with Crippen LogP contribution in [0.1, 0.15) is 44.6 Å². The van der Waals surface area contributed by atoms with Crippen molar-refractivity contribution in [2.45, 2.75) is 64.3 Å². The Hall–Kier alpha value is -2.25. The van der Waals surface area contributed by atoms with Crippen molar-refractivity contribution in [3.05, 3.63) is 42.2 Å². The number of aromatic nitrogens is 3. The lowest BCUT2D eigenvalue weighted by atomic mass is 9.87. The Morgan fingerprint density at radius 1 is 1.36 bits per heavy atom. The summed E-state index contributed by atoms with van der Waals surface area (Å²) in [6, 6.07) is 4.25. The van der Waals surface area contributed by atoms with Gasteiger partial charge in [-0.1, -0.05) is 6.92 Å². The van der Waals surface area contributed by atoms with Crippen molar-refractivity contribution in [2.75, 3.05) is 18.4 Å². The molecule has 2 aliphatic rings. The molecule has 1 saturated heterocycles. The second kappa shape index (κ2) is 7.64. The van der Waals surface area contributed by atoms with Gasteiger partial charge in [0.15, 0.2) is 6.10 Å². The summed E-state index contributed by atoms with van der Waals surface area (Å²) < 4.78 is 8.58. The van der Waals surface area contributed by atoms with Crippen LogP contribution in [-0.2, 0) is 21.7 Å². The molecule has 4 rings (SSSR count). The Morgan fingerprint density at radius 2 is 2.14 bits per heavy atom. The lowest BCUT2D eigenvalue weighted by molar-refractivity contribution is -0.171. The number of nitrogens with one attached hydrogen (secondary N) is 1. The number of aryl methyl sites for hydroxylation is 1. The highest BCUT2D eigenvalue weighted by Crippen LogP contribution is 2.40. The van der Waals surface area contributed by atoms with E-state index >= 15 is 0 Å². The molecule has 0 radical (unpaired) electrons. The molecule has 0 saturated carbocycles. The fourth-order valence-corrected chi connectivity index (χ4v) is 4.29. The number of likely N-dealkylation sites (tertiary alicyclic amines) is 1. The van der Waals surface area contributed by atoms with Crippen LogP contribution in [0.2, 0.25) is 0 Å². The van der Waals surface area contributed by atoms with E-state index in [4.69, 9.17) is 4.74 Å².